The number of hydrogen-bond acceptors (Lipinski definition) is 1. The zero-order valence-corrected chi connectivity index (χ0v) is 9.12. The van der Waals surface area contributed by atoms with E-state index in [4.69, 9.17) is 0 Å². The van der Waals surface area contributed by atoms with Crippen LogP contribution in [0, 0.1) is 0 Å². The SMILES string of the molecule is CC(=O)CCC1=CCCc2ccccc21. The van der Waals surface area contributed by atoms with Crippen LogP contribution in [0.3, 0.4) is 0 Å². The van der Waals surface area contributed by atoms with E-state index >= 15 is 0 Å². The van der Waals surface area contributed by atoms with E-state index in [0.29, 0.717) is 6.42 Å². The summed E-state index contributed by atoms with van der Waals surface area (Å²) in [7, 11) is 0. The molecule has 1 aromatic rings. The maximum atomic E-state index is 11.0. The maximum Gasteiger partial charge on any atom is 0.130 e. The number of carbonyl (C=O) groups excluding carboxylic acids is 1. The number of carbonyl (C=O) groups is 1. The Morgan fingerprint density at radius 2 is 2.13 bits per heavy atom. The predicted molar refractivity (Wildman–Crippen MR) is 62.7 cm³/mol. The molecule has 0 saturated carbocycles. The van der Waals surface area contributed by atoms with Crippen molar-refractivity contribution in [1.82, 2.24) is 0 Å². The number of rotatable bonds is 3. The average Bonchev–Trinajstić information content (AvgIpc) is 2.26. The lowest BCUT2D eigenvalue weighted by Crippen LogP contribution is -2.01. The lowest BCUT2D eigenvalue weighted by molar-refractivity contribution is -0.116. The minimum atomic E-state index is 0.277. The Hall–Kier alpha value is -1.37. The second kappa shape index (κ2) is 4.43. The van der Waals surface area contributed by atoms with Gasteiger partial charge in [0.2, 0.25) is 0 Å². The van der Waals surface area contributed by atoms with Crippen molar-refractivity contribution in [2.45, 2.75) is 32.6 Å². The molecule has 1 heteroatoms. The smallest absolute Gasteiger partial charge is 0.130 e. The summed E-state index contributed by atoms with van der Waals surface area (Å²) in [5.41, 5.74) is 4.13. The van der Waals surface area contributed by atoms with Crippen molar-refractivity contribution in [2.75, 3.05) is 0 Å². The Labute approximate surface area is 90.8 Å². The molecule has 0 spiro atoms. The molecule has 1 nitrogen and oxygen atoms in total. The third kappa shape index (κ3) is 2.35. The van der Waals surface area contributed by atoms with Gasteiger partial charge < -0.3 is 4.79 Å². The van der Waals surface area contributed by atoms with Crippen LogP contribution in [0.2, 0.25) is 0 Å². The van der Waals surface area contributed by atoms with Crippen LogP contribution in [0.4, 0.5) is 0 Å². The van der Waals surface area contributed by atoms with Gasteiger partial charge in [-0.15, -0.1) is 0 Å². The summed E-state index contributed by atoms with van der Waals surface area (Å²) in [6, 6.07) is 8.52. The quantitative estimate of drug-likeness (QED) is 0.731. The van der Waals surface area contributed by atoms with Gasteiger partial charge in [-0.3, -0.25) is 0 Å². The summed E-state index contributed by atoms with van der Waals surface area (Å²) < 4.78 is 0. The summed E-state index contributed by atoms with van der Waals surface area (Å²) >= 11 is 0. The van der Waals surface area contributed by atoms with Gasteiger partial charge in [0.25, 0.3) is 0 Å². The first-order valence-corrected chi connectivity index (χ1v) is 5.54. The molecule has 0 bridgehead atoms. The van der Waals surface area contributed by atoms with Gasteiger partial charge in [-0.2, -0.15) is 0 Å². The lowest BCUT2D eigenvalue weighted by atomic mass is 9.88. The fourth-order valence-corrected chi connectivity index (χ4v) is 2.11. The molecule has 0 radical (unpaired) electrons. The topological polar surface area (TPSA) is 17.1 Å². The first-order chi connectivity index (χ1) is 7.27. The van der Waals surface area contributed by atoms with E-state index in [2.05, 4.69) is 30.3 Å². The van der Waals surface area contributed by atoms with Crippen molar-refractivity contribution in [3.05, 3.63) is 41.5 Å². The van der Waals surface area contributed by atoms with Crippen molar-refractivity contribution >= 4 is 11.4 Å². The Morgan fingerprint density at radius 3 is 2.93 bits per heavy atom. The standard InChI is InChI=1S/C14H16O/c1-11(15)9-10-13-7-4-6-12-5-2-3-8-14(12)13/h2-3,5,7-8H,4,6,9-10H2,1H3. The normalized spacial score (nSPS) is 14.3. The lowest BCUT2D eigenvalue weighted by Gasteiger charge is -2.17. The summed E-state index contributed by atoms with van der Waals surface area (Å²) in [4.78, 5) is 11.0. The fraction of sp³-hybridized carbons (Fsp3) is 0.357. The Bertz CT molecular complexity index is 402. The van der Waals surface area contributed by atoms with Crippen molar-refractivity contribution in [1.29, 1.82) is 0 Å². The maximum absolute atomic E-state index is 11.0. The van der Waals surface area contributed by atoms with E-state index in [9.17, 15) is 4.79 Å². The molecular weight excluding hydrogens is 184 g/mol. The van der Waals surface area contributed by atoms with Gasteiger partial charge in [0, 0.05) is 6.42 Å². The van der Waals surface area contributed by atoms with E-state index in [1.54, 1.807) is 6.92 Å². The Balaban J connectivity index is 2.19. The number of aryl methyl sites for hydroxylation is 1. The highest BCUT2D eigenvalue weighted by Gasteiger charge is 2.11. The predicted octanol–water partition coefficient (Wildman–Crippen LogP) is 3.39. The molecule has 1 aromatic carbocycles. The fourth-order valence-electron chi connectivity index (χ4n) is 2.11. The van der Waals surface area contributed by atoms with Crippen LogP contribution in [0.1, 0.15) is 37.3 Å². The van der Waals surface area contributed by atoms with Gasteiger partial charge in [0.1, 0.15) is 5.78 Å². The van der Waals surface area contributed by atoms with E-state index < -0.39 is 0 Å². The van der Waals surface area contributed by atoms with Crippen LogP contribution in [0.15, 0.2) is 30.3 Å². The van der Waals surface area contributed by atoms with Crippen molar-refractivity contribution < 1.29 is 4.79 Å². The Kier molecular flexibility index (Phi) is 3.00. The minimum absolute atomic E-state index is 0.277. The van der Waals surface area contributed by atoms with E-state index in [1.807, 2.05) is 0 Å². The highest BCUT2D eigenvalue weighted by atomic mass is 16.1. The average molecular weight is 200 g/mol. The van der Waals surface area contributed by atoms with Crippen LogP contribution in [-0.4, -0.2) is 5.78 Å². The molecule has 78 valence electrons. The second-order valence-electron chi connectivity index (χ2n) is 4.13. The van der Waals surface area contributed by atoms with E-state index in [-0.39, 0.29) is 5.78 Å². The minimum Gasteiger partial charge on any atom is -0.300 e. The molecule has 2 rings (SSSR count). The second-order valence-corrected chi connectivity index (χ2v) is 4.13. The van der Waals surface area contributed by atoms with Crippen LogP contribution in [0.25, 0.3) is 5.57 Å². The van der Waals surface area contributed by atoms with E-state index in [1.165, 1.54) is 16.7 Å². The van der Waals surface area contributed by atoms with Crippen LogP contribution < -0.4 is 0 Å². The summed E-state index contributed by atoms with van der Waals surface area (Å²) in [6.45, 7) is 1.66. The van der Waals surface area contributed by atoms with Gasteiger partial charge in [0.05, 0.1) is 0 Å². The molecule has 0 fully saturated rings. The Morgan fingerprint density at radius 1 is 1.33 bits per heavy atom. The van der Waals surface area contributed by atoms with Crippen LogP contribution >= 0.6 is 0 Å². The van der Waals surface area contributed by atoms with Gasteiger partial charge in [-0.1, -0.05) is 30.3 Å². The molecule has 0 heterocycles. The van der Waals surface area contributed by atoms with Crippen LogP contribution in [0.5, 0.6) is 0 Å². The highest BCUT2D eigenvalue weighted by molar-refractivity contribution is 5.79. The molecule has 1 aliphatic rings. The summed E-state index contributed by atoms with van der Waals surface area (Å²) in [6.07, 6.45) is 6.10. The molecule has 1 aliphatic carbocycles. The molecule has 0 saturated heterocycles. The largest absolute Gasteiger partial charge is 0.300 e. The number of Topliss-reactive ketones (excluding diaryl/α,β-unsaturated/α-hetero) is 1. The number of fused-ring (bicyclic) bond motifs is 1. The van der Waals surface area contributed by atoms with Gasteiger partial charge in [0.15, 0.2) is 0 Å². The number of benzene rings is 1. The van der Waals surface area contributed by atoms with Gasteiger partial charge >= 0.3 is 0 Å². The van der Waals surface area contributed by atoms with E-state index in [0.717, 1.165) is 19.3 Å². The zero-order chi connectivity index (χ0) is 10.7. The van der Waals surface area contributed by atoms with Gasteiger partial charge in [-0.05, 0) is 42.9 Å². The molecule has 0 aliphatic heterocycles. The molecule has 0 N–H and O–H groups in total. The van der Waals surface area contributed by atoms with Gasteiger partial charge in [-0.25, -0.2) is 0 Å². The van der Waals surface area contributed by atoms with Crippen molar-refractivity contribution in [3.8, 4) is 0 Å². The molecule has 0 amide bonds. The molecule has 15 heavy (non-hydrogen) atoms. The summed E-state index contributed by atoms with van der Waals surface area (Å²) in [5.74, 6) is 0.277. The zero-order valence-electron chi connectivity index (χ0n) is 9.12. The third-order valence-electron chi connectivity index (χ3n) is 2.91. The molecule has 0 atom stereocenters. The first kappa shape index (κ1) is 10.2. The molecule has 0 unspecified atom stereocenters. The number of allylic oxidation sites excluding steroid dienone is 2. The molecule has 0 aromatic heterocycles. The first-order valence-electron chi connectivity index (χ1n) is 5.54. The third-order valence-corrected chi connectivity index (χ3v) is 2.91. The van der Waals surface area contributed by atoms with Crippen molar-refractivity contribution in [3.63, 3.8) is 0 Å². The molecular formula is C14H16O. The van der Waals surface area contributed by atoms with Crippen LogP contribution in [-0.2, 0) is 11.2 Å². The highest BCUT2D eigenvalue weighted by Crippen LogP contribution is 2.29. The summed E-state index contributed by atoms with van der Waals surface area (Å²) in [5, 5.41) is 0. The number of ketones is 1. The monoisotopic (exact) mass is 200 g/mol. The number of hydrogen-bond donors (Lipinski definition) is 0. The van der Waals surface area contributed by atoms with Crippen molar-refractivity contribution in [2.24, 2.45) is 0 Å².